The summed E-state index contributed by atoms with van der Waals surface area (Å²) >= 11 is 6.33. The second kappa shape index (κ2) is 6.87. The molecule has 17 heavy (non-hydrogen) atoms. The summed E-state index contributed by atoms with van der Waals surface area (Å²) in [5.41, 5.74) is 2.34. The molecule has 0 saturated heterocycles. The van der Waals surface area contributed by atoms with Gasteiger partial charge in [-0.15, -0.1) is 0 Å². The molecule has 0 aliphatic carbocycles. The van der Waals surface area contributed by atoms with Gasteiger partial charge in [0.15, 0.2) is 0 Å². The Bertz CT molecular complexity index is 352. The Morgan fingerprint density at radius 2 is 2.12 bits per heavy atom. The van der Waals surface area contributed by atoms with Crippen LogP contribution in [0.1, 0.15) is 32.3 Å². The van der Waals surface area contributed by atoms with Crippen LogP contribution in [0, 0.1) is 0 Å². The highest BCUT2D eigenvalue weighted by molar-refractivity contribution is 6.33. The van der Waals surface area contributed by atoms with Gasteiger partial charge in [0.2, 0.25) is 0 Å². The van der Waals surface area contributed by atoms with E-state index in [0.29, 0.717) is 6.04 Å². The van der Waals surface area contributed by atoms with Crippen molar-refractivity contribution in [3.05, 3.63) is 28.8 Å². The lowest BCUT2D eigenvalue weighted by Gasteiger charge is -2.28. The van der Waals surface area contributed by atoms with E-state index in [1.165, 1.54) is 18.4 Å². The molecule has 1 rings (SSSR count). The van der Waals surface area contributed by atoms with Gasteiger partial charge in [-0.2, -0.15) is 0 Å². The zero-order chi connectivity index (χ0) is 12.8. The molecule has 0 spiro atoms. The van der Waals surface area contributed by atoms with E-state index in [2.05, 4.69) is 43.2 Å². The summed E-state index contributed by atoms with van der Waals surface area (Å²) in [5.74, 6) is 0. The molecule has 2 nitrogen and oxygen atoms in total. The summed E-state index contributed by atoms with van der Waals surface area (Å²) in [4.78, 5) is 2.26. The summed E-state index contributed by atoms with van der Waals surface area (Å²) in [6, 6.07) is 6.81. The number of hydrogen-bond donors (Lipinski definition) is 1. The van der Waals surface area contributed by atoms with E-state index in [0.717, 1.165) is 17.3 Å². The molecule has 0 amide bonds. The lowest BCUT2D eigenvalue weighted by Crippen LogP contribution is -2.28. The summed E-state index contributed by atoms with van der Waals surface area (Å²) in [6.07, 6.45) is 2.38. The fraction of sp³-hybridized carbons (Fsp3) is 0.571. The van der Waals surface area contributed by atoms with Gasteiger partial charge in [0.1, 0.15) is 0 Å². The Hall–Kier alpha value is -0.730. The van der Waals surface area contributed by atoms with Gasteiger partial charge in [-0.05, 0) is 38.1 Å². The zero-order valence-corrected chi connectivity index (χ0v) is 12.0. The number of nitrogens with one attached hydrogen (secondary N) is 1. The molecule has 0 radical (unpaired) electrons. The quantitative estimate of drug-likeness (QED) is 0.833. The predicted octanol–water partition coefficient (Wildman–Crippen LogP) is 3.68. The minimum atomic E-state index is 0.521. The normalized spacial score (nSPS) is 12.5. The van der Waals surface area contributed by atoms with Gasteiger partial charge in [-0.1, -0.05) is 31.0 Å². The van der Waals surface area contributed by atoms with Crippen LogP contribution < -0.4 is 10.2 Å². The standard InChI is InChI=1S/C14H23ClN2/c1-5-6-11(2)17(4)14-8-7-12(10-16-3)9-13(14)15/h7-9,11,16H,5-6,10H2,1-4H3. The van der Waals surface area contributed by atoms with Crippen LogP contribution in [0.2, 0.25) is 5.02 Å². The Balaban J connectivity index is 2.83. The smallest absolute Gasteiger partial charge is 0.0642 e. The van der Waals surface area contributed by atoms with Gasteiger partial charge < -0.3 is 10.2 Å². The van der Waals surface area contributed by atoms with Crippen molar-refractivity contribution in [3.63, 3.8) is 0 Å². The molecule has 0 aromatic heterocycles. The van der Waals surface area contributed by atoms with Crippen molar-refractivity contribution in [1.82, 2.24) is 5.32 Å². The first-order valence-electron chi connectivity index (χ1n) is 6.26. The second-order valence-corrected chi connectivity index (χ2v) is 4.97. The fourth-order valence-electron chi connectivity index (χ4n) is 2.00. The first-order chi connectivity index (χ1) is 8.10. The van der Waals surface area contributed by atoms with Crippen LogP contribution in [-0.2, 0) is 6.54 Å². The van der Waals surface area contributed by atoms with E-state index in [4.69, 9.17) is 11.6 Å². The van der Waals surface area contributed by atoms with Crippen LogP contribution in [0.3, 0.4) is 0 Å². The maximum absolute atomic E-state index is 6.33. The van der Waals surface area contributed by atoms with E-state index >= 15 is 0 Å². The Morgan fingerprint density at radius 3 is 2.65 bits per heavy atom. The first kappa shape index (κ1) is 14.3. The van der Waals surface area contributed by atoms with Crippen molar-refractivity contribution in [1.29, 1.82) is 0 Å². The van der Waals surface area contributed by atoms with Gasteiger partial charge >= 0.3 is 0 Å². The third-order valence-electron chi connectivity index (χ3n) is 3.14. The minimum Gasteiger partial charge on any atom is -0.371 e. The number of anilines is 1. The Kier molecular flexibility index (Phi) is 5.79. The highest BCUT2D eigenvalue weighted by Crippen LogP contribution is 2.28. The molecule has 0 bridgehead atoms. The molecule has 1 aromatic rings. The van der Waals surface area contributed by atoms with E-state index in [1.807, 2.05) is 13.1 Å². The molecule has 0 heterocycles. The Morgan fingerprint density at radius 1 is 1.41 bits per heavy atom. The SMILES string of the molecule is CCCC(C)N(C)c1ccc(CNC)cc1Cl. The van der Waals surface area contributed by atoms with Crippen molar-refractivity contribution in [2.45, 2.75) is 39.3 Å². The van der Waals surface area contributed by atoms with Gasteiger partial charge in [-0.3, -0.25) is 0 Å². The summed E-state index contributed by atoms with van der Waals surface area (Å²) in [5, 5.41) is 3.97. The van der Waals surface area contributed by atoms with Crippen molar-refractivity contribution in [3.8, 4) is 0 Å². The van der Waals surface area contributed by atoms with Crippen LogP contribution in [0.4, 0.5) is 5.69 Å². The largest absolute Gasteiger partial charge is 0.371 e. The van der Waals surface area contributed by atoms with Gasteiger partial charge in [0.05, 0.1) is 10.7 Å². The first-order valence-corrected chi connectivity index (χ1v) is 6.63. The van der Waals surface area contributed by atoms with Crippen LogP contribution in [0.25, 0.3) is 0 Å². The summed E-state index contributed by atoms with van der Waals surface area (Å²) in [7, 11) is 4.05. The summed E-state index contributed by atoms with van der Waals surface area (Å²) in [6.45, 7) is 5.30. The average molecular weight is 255 g/mol. The molecule has 1 atom stereocenters. The topological polar surface area (TPSA) is 15.3 Å². The van der Waals surface area contributed by atoms with Crippen molar-refractivity contribution < 1.29 is 0 Å². The third-order valence-corrected chi connectivity index (χ3v) is 3.44. The molecule has 0 aliphatic rings. The number of benzene rings is 1. The monoisotopic (exact) mass is 254 g/mol. The minimum absolute atomic E-state index is 0.521. The third kappa shape index (κ3) is 3.90. The van der Waals surface area contributed by atoms with Gasteiger partial charge in [0, 0.05) is 19.6 Å². The number of halogens is 1. The fourth-order valence-corrected chi connectivity index (χ4v) is 2.34. The van der Waals surface area contributed by atoms with Crippen LogP contribution in [0.5, 0.6) is 0 Å². The van der Waals surface area contributed by atoms with E-state index in [-0.39, 0.29) is 0 Å². The van der Waals surface area contributed by atoms with E-state index < -0.39 is 0 Å². The van der Waals surface area contributed by atoms with Crippen molar-refractivity contribution in [2.75, 3.05) is 19.0 Å². The predicted molar refractivity (Wildman–Crippen MR) is 77.0 cm³/mol. The van der Waals surface area contributed by atoms with Crippen molar-refractivity contribution >= 4 is 17.3 Å². The lowest BCUT2D eigenvalue weighted by molar-refractivity contribution is 0.616. The molecule has 1 N–H and O–H groups in total. The molecule has 0 fully saturated rings. The van der Waals surface area contributed by atoms with Crippen LogP contribution in [-0.4, -0.2) is 20.1 Å². The molecule has 3 heteroatoms. The van der Waals surface area contributed by atoms with Crippen molar-refractivity contribution in [2.24, 2.45) is 0 Å². The van der Waals surface area contributed by atoms with E-state index in [1.54, 1.807) is 0 Å². The Labute approximate surface area is 110 Å². The number of nitrogens with zero attached hydrogens (tertiary/aromatic N) is 1. The molecular weight excluding hydrogens is 232 g/mol. The van der Waals surface area contributed by atoms with Gasteiger partial charge in [0.25, 0.3) is 0 Å². The van der Waals surface area contributed by atoms with E-state index in [9.17, 15) is 0 Å². The number of hydrogen-bond acceptors (Lipinski definition) is 2. The average Bonchev–Trinajstić information content (AvgIpc) is 2.29. The maximum atomic E-state index is 6.33. The maximum Gasteiger partial charge on any atom is 0.0642 e. The second-order valence-electron chi connectivity index (χ2n) is 4.56. The highest BCUT2D eigenvalue weighted by Gasteiger charge is 2.12. The van der Waals surface area contributed by atoms with Gasteiger partial charge in [-0.25, -0.2) is 0 Å². The molecule has 0 saturated carbocycles. The van der Waals surface area contributed by atoms with Crippen LogP contribution in [0.15, 0.2) is 18.2 Å². The summed E-state index contributed by atoms with van der Waals surface area (Å²) < 4.78 is 0. The van der Waals surface area contributed by atoms with Crippen LogP contribution >= 0.6 is 11.6 Å². The number of rotatable bonds is 6. The zero-order valence-electron chi connectivity index (χ0n) is 11.3. The molecule has 1 unspecified atom stereocenters. The lowest BCUT2D eigenvalue weighted by atomic mass is 10.1. The molecular formula is C14H23ClN2. The highest BCUT2D eigenvalue weighted by atomic mass is 35.5. The molecule has 1 aromatic carbocycles. The molecule has 96 valence electrons. The molecule has 0 aliphatic heterocycles.